The summed E-state index contributed by atoms with van der Waals surface area (Å²) in [5, 5.41) is 0. The maximum absolute atomic E-state index is 10.5. The molecule has 2 unspecified atom stereocenters. The Hall–Kier alpha value is -1.15. The van der Waals surface area contributed by atoms with Gasteiger partial charge in [0.05, 0.1) is 12.7 Å². The minimum absolute atomic E-state index is 0.0206. The molecule has 0 aliphatic carbocycles. The van der Waals surface area contributed by atoms with E-state index in [0.717, 1.165) is 11.8 Å². The quantitative estimate of drug-likeness (QED) is 0.670. The number of hydrogen-bond donors (Lipinski definition) is 0. The van der Waals surface area contributed by atoms with Crippen LogP contribution in [0.5, 0.6) is 0 Å². The topological polar surface area (TPSA) is 26.3 Å². The molecule has 2 atom stereocenters. The Morgan fingerprint density at radius 2 is 1.93 bits per heavy atom. The minimum Gasteiger partial charge on any atom is -0.373 e. The highest BCUT2D eigenvalue weighted by molar-refractivity contribution is 5.53. The number of benzene rings is 1. The molecule has 0 N–H and O–H groups in total. The lowest BCUT2D eigenvalue weighted by atomic mass is 10.1. The van der Waals surface area contributed by atoms with E-state index in [2.05, 4.69) is 0 Å². The Morgan fingerprint density at radius 1 is 1.29 bits per heavy atom. The predicted octanol–water partition coefficient (Wildman–Crippen LogP) is 2.43. The zero-order chi connectivity index (χ0) is 10.4. The Balaban J connectivity index is 2.37. The molecule has 2 nitrogen and oxygen atoms in total. The fraction of sp³-hybridized carbons (Fsp3) is 0.417. The second kappa shape index (κ2) is 5.55. The Bertz CT molecular complexity index is 269. The van der Waals surface area contributed by atoms with Crippen LogP contribution in [-0.4, -0.2) is 12.4 Å². The molecule has 14 heavy (non-hydrogen) atoms. The van der Waals surface area contributed by atoms with Crippen molar-refractivity contribution in [2.75, 3.05) is 0 Å². The van der Waals surface area contributed by atoms with E-state index in [-0.39, 0.29) is 12.0 Å². The van der Waals surface area contributed by atoms with Crippen molar-refractivity contribution in [1.29, 1.82) is 0 Å². The third-order valence-corrected chi connectivity index (χ3v) is 2.31. The molecule has 0 aliphatic heterocycles. The number of aldehydes is 1. The average molecular weight is 192 g/mol. The van der Waals surface area contributed by atoms with E-state index in [1.54, 1.807) is 0 Å². The monoisotopic (exact) mass is 192 g/mol. The summed E-state index contributed by atoms with van der Waals surface area (Å²) in [6.45, 7) is 4.35. The molecule has 76 valence electrons. The van der Waals surface area contributed by atoms with Crippen molar-refractivity contribution in [1.82, 2.24) is 0 Å². The first-order valence-corrected chi connectivity index (χ1v) is 4.85. The smallest absolute Gasteiger partial charge is 0.125 e. The van der Waals surface area contributed by atoms with Crippen LogP contribution in [0.15, 0.2) is 30.3 Å². The first-order valence-electron chi connectivity index (χ1n) is 4.85. The van der Waals surface area contributed by atoms with Crippen molar-refractivity contribution in [3.05, 3.63) is 35.9 Å². The van der Waals surface area contributed by atoms with E-state index in [0.29, 0.717) is 6.61 Å². The maximum atomic E-state index is 10.5. The summed E-state index contributed by atoms with van der Waals surface area (Å²) in [6, 6.07) is 9.95. The standard InChI is InChI=1S/C12H16O2/c1-10(8-13)11(2)14-9-12-6-4-3-5-7-12/h3-8,10-11H,9H2,1-2H3. The fourth-order valence-corrected chi connectivity index (χ4v) is 1.06. The van der Waals surface area contributed by atoms with Crippen LogP contribution in [0.4, 0.5) is 0 Å². The Labute approximate surface area is 84.9 Å². The summed E-state index contributed by atoms with van der Waals surface area (Å²) in [6.07, 6.45) is 0.906. The van der Waals surface area contributed by atoms with Gasteiger partial charge in [-0.05, 0) is 12.5 Å². The van der Waals surface area contributed by atoms with Crippen molar-refractivity contribution in [2.24, 2.45) is 5.92 Å². The molecular weight excluding hydrogens is 176 g/mol. The summed E-state index contributed by atoms with van der Waals surface area (Å²) >= 11 is 0. The molecule has 0 aromatic heterocycles. The fourth-order valence-electron chi connectivity index (χ4n) is 1.06. The van der Waals surface area contributed by atoms with Crippen LogP contribution >= 0.6 is 0 Å². The van der Waals surface area contributed by atoms with Gasteiger partial charge in [-0.1, -0.05) is 37.3 Å². The molecule has 1 aromatic rings. The minimum atomic E-state index is -0.0429. The van der Waals surface area contributed by atoms with Gasteiger partial charge in [0.1, 0.15) is 6.29 Å². The summed E-state index contributed by atoms with van der Waals surface area (Å²) in [5.41, 5.74) is 1.14. The zero-order valence-corrected chi connectivity index (χ0v) is 8.64. The van der Waals surface area contributed by atoms with Crippen molar-refractivity contribution in [3.8, 4) is 0 Å². The van der Waals surface area contributed by atoms with Gasteiger partial charge in [-0.15, -0.1) is 0 Å². The molecule has 0 radical (unpaired) electrons. The lowest BCUT2D eigenvalue weighted by molar-refractivity contribution is -0.115. The normalized spacial score (nSPS) is 14.7. The first kappa shape index (κ1) is 10.9. The number of rotatable bonds is 5. The third-order valence-electron chi connectivity index (χ3n) is 2.31. The van der Waals surface area contributed by atoms with E-state index in [1.165, 1.54) is 0 Å². The van der Waals surface area contributed by atoms with Crippen LogP contribution in [-0.2, 0) is 16.1 Å². The van der Waals surface area contributed by atoms with E-state index >= 15 is 0 Å². The molecule has 0 saturated heterocycles. The molecule has 0 saturated carbocycles. The SMILES string of the molecule is CC(C=O)C(C)OCc1ccccc1. The van der Waals surface area contributed by atoms with Crippen molar-refractivity contribution >= 4 is 6.29 Å². The van der Waals surface area contributed by atoms with Gasteiger partial charge in [-0.3, -0.25) is 0 Å². The highest BCUT2D eigenvalue weighted by Crippen LogP contribution is 2.08. The van der Waals surface area contributed by atoms with Crippen LogP contribution in [0.2, 0.25) is 0 Å². The molecule has 2 heteroatoms. The second-order valence-electron chi connectivity index (χ2n) is 3.50. The Morgan fingerprint density at radius 3 is 2.50 bits per heavy atom. The maximum Gasteiger partial charge on any atom is 0.125 e. The molecule has 0 heterocycles. The highest BCUT2D eigenvalue weighted by Gasteiger charge is 2.10. The van der Waals surface area contributed by atoms with Crippen LogP contribution in [0, 0.1) is 5.92 Å². The molecule has 0 amide bonds. The van der Waals surface area contributed by atoms with Gasteiger partial charge in [-0.2, -0.15) is 0 Å². The van der Waals surface area contributed by atoms with E-state index in [1.807, 2.05) is 44.2 Å². The summed E-state index contributed by atoms with van der Waals surface area (Å²) in [5.74, 6) is -0.0429. The summed E-state index contributed by atoms with van der Waals surface area (Å²) in [7, 11) is 0. The second-order valence-corrected chi connectivity index (χ2v) is 3.50. The number of hydrogen-bond acceptors (Lipinski definition) is 2. The van der Waals surface area contributed by atoms with Gasteiger partial charge in [0.15, 0.2) is 0 Å². The van der Waals surface area contributed by atoms with E-state index < -0.39 is 0 Å². The van der Waals surface area contributed by atoms with Gasteiger partial charge < -0.3 is 9.53 Å². The van der Waals surface area contributed by atoms with Crippen molar-refractivity contribution in [3.63, 3.8) is 0 Å². The molecule has 1 aromatic carbocycles. The van der Waals surface area contributed by atoms with Gasteiger partial charge in [0, 0.05) is 5.92 Å². The van der Waals surface area contributed by atoms with Crippen LogP contribution < -0.4 is 0 Å². The zero-order valence-electron chi connectivity index (χ0n) is 8.64. The highest BCUT2D eigenvalue weighted by atomic mass is 16.5. The number of carbonyl (C=O) groups is 1. The molecule has 0 aliphatic rings. The summed E-state index contributed by atoms with van der Waals surface area (Å²) < 4.78 is 5.55. The van der Waals surface area contributed by atoms with E-state index in [4.69, 9.17) is 4.74 Å². The van der Waals surface area contributed by atoms with E-state index in [9.17, 15) is 4.79 Å². The Kier molecular flexibility index (Phi) is 4.33. The largest absolute Gasteiger partial charge is 0.373 e. The third kappa shape index (κ3) is 3.30. The van der Waals surface area contributed by atoms with Gasteiger partial charge in [-0.25, -0.2) is 0 Å². The van der Waals surface area contributed by atoms with Crippen LogP contribution in [0.1, 0.15) is 19.4 Å². The predicted molar refractivity (Wildman–Crippen MR) is 55.9 cm³/mol. The molecule has 0 bridgehead atoms. The first-order chi connectivity index (χ1) is 6.74. The molecule has 1 rings (SSSR count). The molecule has 0 fully saturated rings. The summed E-state index contributed by atoms with van der Waals surface area (Å²) in [4.78, 5) is 10.5. The van der Waals surface area contributed by atoms with Gasteiger partial charge >= 0.3 is 0 Å². The van der Waals surface area contributed by atoms with Crippen LogP contribution in [0.3, 0.4) is 0 Å². The average Bonchev–Trinajstić information content (AvgIpc) is 2.26. The number of ether oxygens (including phenoxy) is 1. The van der Waals surface area contributed by atoms with Crippen LogP contribution in [0.25, 0.3) is 0 Å². The molecule has 0 spiro atoms. The lowest BCUT2D eigenvalue weighted by Gasteiger charge is -2.15. The molecular formula is C12H16O2. The lowest BCUT2D eigenvalue weighted by Crippen LogP contribution is -2.18. The number of carbonyl (C=O) groups excluding carboxylic acids is 1. The van der Waals surface area contributed by atoms with Crippen molar-refractivity contribution in [2.45, 2.75) is 26.6 Å². The van der Waals surface area contributed by atoms with Gasteiger partial charge in [0.2, 0.25) is 0 Å². The van der Waals surface area contributed by atoms with Crippen molar-refractivity contribution < 1.29 is 9.53 Å². The van der Waals surface area contributed by atoms with Gasteiger partial charge in [0.25, 0.3) is 0 Å².